The molecule has 7 heteroatoms. The van der Waals surface area contributed by atoms with Crippen LogP contribution in [0.15, 0.2) is 36.4 Å². The second-order valence-corrected chi connectivity index (χ2v) is 7.65. The molecule has 2 bridgehead atoms. The Balaban J connectivity index is 1.54. The molecule has 0 radical (unpaired) electrons. The van der Waals surface area contributed by atoms with Crippen molar-refractivity contribution in [2.24, 2.45) is 0 Å². The lowest BCUT2D eigenvalue weighted by Gasteiger charge is -2.21. The largest absolute Gasteiger partial charge is 0.417 e. The van der Waals surface area contributed by atoms with Crippen molar-refractivity contribution in [3.63, 3.8) is 0 Å². The van der Waals surface area contributed by atoms with E-state index < -0.39 is 11.7 Å². The summed E-state index contributed by atoms with van der Waals surface area (Å²) in [5.74, 6) is -0.208. The molecular weight excluding hydrogens is 349 g/mol. The molecule has 1 aromatic heterocycles. The molecule has 2 fully saturated rings. The van der Waals surface area contributed by atoms with Crippen LogP contribution in [0.2, 0.25) is 0 Å². The van der Waals surface area contributed by atoms with Gasteiger partial charge < -0.3 is 10.6 Å². The van der Waals surface area contributed by atoms with Gasteiger partial charge in [0.05, 0.1) is 10.4 Å². The average molecular weight is 366 g/mol. The van der Waals surface area contributed by atoms with Gasteiger partial charge in [-0.25, -0.2) is 0 Å². The van der Waals surface area contributed by atoms with Crippen molar-refractivity contribution in [2.75, 3.05) is 0 Å². The van der Waals surface area contributed by atoms with Crippen molar-refractivity contribution in [1.29, 1.82) is 0 Å². The van der Waals surface area contributed by atoms with Gasteiger partial charge in [-0.15, -0.1) is 11.3 Å². The topological polar surface area (TPSA) is 41.1 Å². The summed E-state index contributed by atoms with van der Waals surface area (Å²) in [6, 6.07) is 9.55. The molecule has 0 saturated carbocycles. The van der Waals surface area contributed by atoms with Crippen LogP contribution in [0.5, 0.6) is 0 Å². The third-order valence-electron chi connectivity index (χ3n) is 4.94. The molecule has 0 spiro atoms. The van der Waals surface area contributed by atoms with Crippen LogP contribution < -0.4 is 10.6 Å². The molecule has 2 saturated heterocycles. The summed E-state index contributed by atoms with van der Waals surface area (Å²) in [6.45, 7) is 0. The second-order valence-electron chi connectivity index (χ2n) is 6.57. The predicted octanol–water partition coefficient (Wildman–Crippen LogP) is 4.06. The SMILES string of the molecule is O=C(NC1CC2CCC1N2)c1ccc(-c2ccccc2C(F)(F)F)s1. The van der Waals surface area contributed by atoms with E-state index in [1.807, 2.05) is 0 Å². The van der Waals surface area contributed by atoms with Gasteiger partial charge in [0.2, 0.25) is 0 Å². The summed E-state index contributed by atoms with van der Waals surface area (Å²) >= 11 is 1.10. The lowest BCUT2D eigenvalue weighted by molar-refractivity contribution is -0.137. The zero-order valence-corrected chi connectivity index (χ0v) is 14.1. The Morgan fingerprint density at radius 3 is 2.64 bits per heavy atom. The molecule has 25 heavy (non-hydrogen) atoms. The highest BCUT2D eigenvalue weighted by Crippen LogP contribution is 2.39. The number of hydrogen-bond acceptors (Lipinski definition) is 3. The fourth-order valence-electron chi connectivity index (χ4n) is 3.77. The third kappa shape index (κ3) is 3.18. The second kappa shape index (κ2) is 6.14. The standard InChI is InChI=1S/C18H17F3N2OS/c19-18(20,21)12-4-2-1-3-11(12)15-7-8-16(25-15)17(24)23-14-9-10-5-6-13(14)22-10/h1-4,7-8,10,13-14,22H,5-6,9H2,(H,23,24). The van der Waals surface area contributed by atoms with Crippen molar-refractivity contribution >= 4 is 17.2 Å². The van der Waals surface area contributed by atoms with Crippen molar-refractivity contribution < 1.29 is 18.0 Å². The Hall–Kier alpha value is -1.86. The fourth-order valence-corrected chi connectivity index (χ4v) is 4.72. The molecule has 2 aromatic rings. The van der Waals surface area contributed by atoms with E-state index in [2.05, 4.69) is 10.6 Å². The number of alkyl halides is 3. The van der Waals surface area contributed by atoms with Gasteiger partial charge in [0.1, 0.15) is 0 Å². The monoisotopic (exact) mass is 366 g/mol. The minimum Gasteiger partial charge on any atom is -0.347 e. The van der Waals surface area contributed by atoms with Gasteiger partial charge in [0, 0.05) is 28.6 Å². The first-order valence-corrected chi connectivity index (χ1v) is 9.07. The van der Waals surface area contributed by atoms with Gasteiger partial charge in [-0.2, -0.15) is 13.2 Å². The number of hydrogen-bond donors (Lipinski definition) is 2. The lowest BCUT2D eigenvalue weighted by Crippen LogP contribution is -2.42. The number of nitrogens with one attached hydrogen (secondary N) is 2. The minimum atomic E-state index is -4.42. The molecule has 2 aliphatic rings. The molecule has 2 N–H and O–H groups in total. The summed E-state index contributed by atoms with van der Waals surface area (Å²) in [6.07, 6.45) is -1.29. The fraction of sp³-hybridized carbons (Fsp3) is 0.389. The average Bonchev–Trinajstić information content (AvgIpc) is 3.30. The van der Waals surface area contributed by atoms with Gasteiger partial charge in [0.15, 0.2) is 0 Å². The van der Waals surface area contributed by atoms with Crippen molar-refractivity contribution in [3.8, 4) is 10.4 Å². The Kier molecular flexibility index (Phi) is 4.08. The van der Waals surface area contributed by atoms with E-state index in [1.165, 1.54) is 12.1 Å². The molecule has 4 rings (SSSR count). The first-order valence-electron chi connectivity index (χ1n) is 8.25. The Labute approximate surface area is 147 Å². The number of carbonyl (C=O) groups excluding carboxylic acids is 1. The maximum Gasteiger partial charge on any atom is 0.417 e. The molecule has 1 amide bonds. The number of benzene rings is 1. The number of amides is 1. The normalized spacial score (nSPS) is 25.3. The molecule has 2 aliphatic heterocycles. The highest BCUT2D eigenvalue weighted by molar-refractivity contribution is 7.17. The number of carbonyl (C=O) groups is 1. The van der Waals surface area contributed by atoms with Gasteiger partial charge >= 0.3 is 6.18 Å². The number of thiophene rings is 1. The molecule has 3 heterocycles. The molecule has 3 atom stereocenters. The van der Waals surface area contributed by atoms with E-state index in [0.717, 1.165) is 36.7 Å². The maximum atomic E-state index is 13.2. The zero-order chi connectivity index (χ0) is 17.6. The summed E-state index contributed by atoms with van der Waals surface area (Å²) < 4.78 is 39.5. The Bertz CT molecular complexity index is 802. The van der Waals surface area contributed by atoms with E-state index in [4.69, 9.17) is 0 Å². The van der Waals surface area contributed by atoms with Crippen molar-refractivity contribution in [2.45, 2.75) is 43.6 Å². The van der Waals surface area contributed by atoms with Crippen LogP contribution in [0.3, 0.4) is 0 Å². The summed E-state index contributed by atoms with van der Waals surface area (Å²) in [5.41, 5.74) is -0.568. The van der Waals surface area contributed by atoms with Crippen LogP contribution in [0.25, 0.3) is 10.4 Å². The van der Waals surface area contributed by atoms with E-state index >= 15 is 0 Å². The quantitative estimate of drug-likeness (QED) is 0.860. The van der Waals surface area contributed by atoms with Crippen LogP contribution in [0.4, 0.5) is 13.2 Å². The van der Waals surface area contributed by atoms with Crippen LogP contribution in [-0.4, -0.2) is 24.0 Å². The molecule has 1 aromatic carbocycles. The Morgan fingerprint density at radius 2 is 1.96 bits per heavy atom. The van der Waals surface area contributed by atoms with E-state index in [0.29, 0.717) is 21.8 Å². The predicted molar refractivity (Wildman–Crippen MR) is 90.6 cm³/mol. The van der Waals surface area contributed by atoms with Crippen LogP contribution in [0.1, 0.15) is 34.5 Å². The van der Waals surface area contributed by atoms with Gasteiger partial charge in [-0.3, -0.25) is 4.79 Å². The molecule has 0 aliphatic carbocycles. The summed E-state index contributed by atoms with van der Waals surface area (Å²) in [7, 11) is 0. The van der Waals surface area contributed by atoms with Gasteiger partial charge in [-0.05, 0) is 37.5 Å². The molecule has 132 valence electrons. The zero-order valence-electron chi connectivity index (χ0n) is 13.3. The highest BCUT2D eigenvalue weighted by atomic mass is 32.1. The molecule has 3 unspecified atom stereocenters. The minimum absolute atomic E-state index is 0.110. The van der Waals surface area contributed by atoms with E-state index in [9.17, 15) is 18.0 Å². The molecule has 3 nitrogen and oxygen atoms in total. The third-order valence-corrected chi connectivity index (χ3v) is 6.06. The van der Waals surface area contributed by atoms with Crippen LogP contribution in [-0.2, 0) is 6.18 Å². The van der Waals surface area contributed by atoms with Crippen LogP contribution >= 0.6 is 11.3 Å². The van der Waals surface area contributed by atoms with Crippen LogP contribution in [0, 0.1) is 0 Å². The van der Waals surface area contributed by atoms with Gasteiger partial charge in [0.25, 0.3) is 5.91 Å². The molecular formula is C18H17F3N2OS. The first-order chi connectivity index (χ1) is 11.9. The first kappa shape index (κ1) is 16.6. The maximum absolute atomic E-state index is 13.2. The van der Waals surface area contributed by atoms with Gasteiger partial charge in [-0.1, -0.05) is 18.2 Å². The van der Waals surface area contributed by atoms with Crippen molar-refractivity contribution in [3.05, 3.63) is 46.8 Å². The lowest BCUT2D eigenvalue weighted by atomic mass is 9.95. The van der Waals surface area contributed by atoms with E-state index in [-0.39, 0.29) is 17.5 Å². The highest BCUT2D eigenvalue weighted by Gasteiger charge is 2.40. The summed E-state index contributed by atoms with van der Waals surface area (Å²) in [5, 5.41) is 6.48. The number of halogens is 3. The number of rotatable bonds is 3. The smallest absolute Gasteiger partial charge is 0.347 e. The van der Waals surface area contributed by atoms with Crippen molar-refractivity contribution in [1.82, 2.24) is 10.6 Å². The Morgan fingerprint density at radius 1 is 1.16 bits per heavy atom. The summed E-state index contributed by atoms with van der Waals surface area (Å²) in [4.78, 5) is 13.3. The van der Waals surface area contributed by atoms with E-state index in [1.54, 1.807) is 18.2 Å². The number of fused-ring (bicyclic) bond motifs is 2.